The molecule has 2 aliphatic heterocycles. The molecule has 10 N–H and O–H groups in total. The summed E-state index contributed by atoms with van der Waals surface area (Å²) in [6, 6.07) is 0. The average Bonchev–Trinajstić information content (AvgIpc) is 3.86. The summed E-state index contributed by atoms with van der Waals surface area (Å²) in [5.41, 5.74) is 6.76. The van der Waals surface area contributed by atoms with Gasteiger partial charge in [-0.05, 0) is 18.1 Å². The summed E-state index contributed by atoms with van der Waals surface area (Å²) in [6.07, 6.45) is -6.79. The minimum absolute atomic E-state index is 0. The van der Waals surface area contributed by atoms with Crippen molar-refractivity contribution < 1.29 is 110 Å². The van der Waals surface area contributed by atoms with Gasteiger partial charge in [0.25, 0.3) is 0 Å². The van der Waals surface area contributed by atoms with Crippen LogP contribution in [-0.2, 0) is 57.0 Å². The number of anilines is 2. The van der Waals surface area contributed by atoms with Crippen LogP contribution >= 0.6 is 53.2 Å². The third kappa shape index (κ3) is 10.6. The summed E-state index contributed by atoms with van der Waals surface area (Å²) in [6.45, 7) is -11.7. The van der Waals surface area contributed by atoms with Crippen LogP contribution in [0.4, 0.5) is 11.6 Å². The van der Waals surface area contributed by atoms with Crippen LogP contribution in [0.3, 0.4) is 0 Å². The summed E-state index contributed by atoms with van der Waals surface area (Å²) < 4.78 is 74.5. The molecule has 310 valence electrons. The standard InChI is InChI=1S/C22H32N10O17P4S3.Na/c1-24-17-11-18(26-5-25-17)31(7-28-11)20-14(35)12(33)8(45-20)3-43-52(41,54)48-50(37,38)47-51(39,40)49-53(42,55)44-4-9-13(34)15(36)21(46-9)32-6-27-10-16(23)29-22(56-2)30-19(10)32;/h5-9,12-15,20-21,33-36H,3-4H2,1-2H3,(H,37,38)(H,39,40)(H,41,54)(H,42,55)(H2,23,29,30)(H,24,25,26);/q;+1/t8-,9-,12-,13-,14-,15-,20-,21-,52?,53?;/m1./s1. The summed E-state index contributed by atoms with van der Waals surface area (Å²) in [5, 5.41) is 45.6. The van der Waals surface area contributed by atoms with E-state index in [0.717, 1.165) is 0 Å². The van der Waals surface area contributed by atoms with E-state index in [4.69, 9.17) is 24.3 Å². The molecule has 4 unspecified atom stereocenters. The fourth-order valence-electron chi connectivity index (χ4n) is 5.41. The van der Waals surface area contributed by atoms with Crippen molar-refractivity contribution in [3.63, 3.8) is 0 Å². The second-order valence-corrected chi connectivity index (χ2v) is 21.4. The number of fused-ring (bicyclic) bond motifs is 2. The molecule has 0 spiro atoms. The first kappa shape index (κ1) is 47.2. The van der Waals surface area contributed by atoms with Crippen LogP contribution in [-0.4, -0.2) is 137 Å². The number of nitrogens with two attached hydrogens (primary N) is 1. The van der Waals surface area contributed by atoms with Gasteiger partial charge in [0, 0.05) is 7.05 Å². The second-order valence-electron chi connectivity index (χ2n) is 11.5. The summed E-state index contributed by atoms with van der Waals surface area (Å²) >= 11 is 9.40. The SMILES string of the molecule is CNc1ncnc2c1ncn2[C@@H]1O[C@H](COP(=O)(S)OP(=O)(O)OP(=O)(O)OP(O)(=S)OC[C@H]2O[C@@H](n3cnc4c(N)nc(SC)nc43)[C@H](O)[C@@H]2O)[C@@H](O)[C@H]1O.[Na+]. The second kappa shape index (κ2) is 18.3. The fourth-order valence-corrected chi connectivity index (χ4v) is 12.7. The van der Waals surface area contributed by atoms with Crippen LogP contribution < -0.4 is 40.6 Å². The maximum Gasteiger partial charge on any atom is 1.00 e. The van der Waals surface area contributed by atoms with Crippen LogP contribution in [0.5, 0.6) is 0 Å². The van der Waals surface area contributed by atoms with E-state index in [0.29, 0.717) is 11.3 Å². The van der Waals surface area contributed by atoms with Gasteiger partial charge in [-0.1, -0.05) is 24.0 Å². The Bertz CT molecular complexity index is 2300. The predicted octanol–water partition coefficient (Wildman–Crippen LogP) is -3.21. The van der Waals surface area contributed by atoms with Gasteiger partial charge in [-0.2, -0.15) is 8.62 Å². The molecule has 0 radical (unpaired) electrons. The minimum Gasteiger partial charge on any atom is -0.387 e. The van der Waals surface area contributed by atoms with Crippen molar-refractivity contribution in [1.29, 1.82) is 0 Å². The zero-order valence-corrected chi connectivity index (χ0v) is 37.3. The number of hydrogen-bond acceptors (Lipinski definition) is 24. The molecule has 4 aromatic rings. The molecule has 0 saturated carbocycles. The topological polar surface area (TPSA) is 383 Å². The number of nitrogens with one attached hydrogen (secondary N) is 1. The molecule has 0 amide bonds. The summed E-state index contributed by atoms with van der Waals surface area (Å²) in [4.78, 5) is 55.4. The Labute approximate surface area is 356 Å². The van der Waals surface area contributed by atoms with E-state index in [-0.39, 0.29) is 57.3 Å². The molecule has 0 aromatic carbocycles. The van der Waals surface area contributed by atoms with Gasteiger partial charge in [-0.3, -0.25) is 13.7 Å². The summed E-state index contributed by atoms with van der Waals surface area (Å²) in [5.74, 6) is 0.396. The Morgan fingerprint density at radius 1 is 0.842 bits per heavy atom. The first-order valence-electron chi connectivity index (χ1n) is 15.3. The van der Waals surface area contributed by atoms with Crippen molar-refractivity contribution in [3.8, 4) is 0 Å². The number of nitrogen functional groups attached to an aromatic ring is 1. The molecule has 0 aliphatic carbocycles. The van der Waals surface area contributed by atoms with Gasteiger partial charge in [0.2, 0.25) is 0 Å². The van der Waals surface area contributed by atoms with Gasteiger partial charge in [0.05, 0.1) is 25.9 Å². The number of imidazole rings is 2. The van der Waals surface area contributed by atoms with Crippen molar-refractivity contribution in [2.24, 2.45) is 0 Å². The van der Waals surface area contributed by atoms with E-state index in [1.165, 1.54) is 39.9 Å². The number of aromatic nitrogens is 8. The van der Waals surface area contributed by atoms with Gasteiger partial charge >= 0.3 is 58.7 Å². The molecule has 4 aromatic heterocycles. The molecule has 27 nitrogen and oxygen atoms in total. The number of aliphatic hydroxyl groups excluding tert-OH is 4. The van der Waals surface area contributed by atoms with Crippen LogP contribution in [0.25, 0.3) is 22.3 Å². The maximum atomic E-state index is 12.8. The normalized spacial score (nSPS) is 29.4. The molecule has 0 bridgehead atoms. The van der Waals surface area contributed by atoms with Crippen molar-refractivity contribution in [2.75, 3.05) is 37.6 Å². The Hall–Kier alpha value is -0.820. The zero-order valence-electron chi connectivity index (χ0n) is 29.2. The van der Waals surface area contributed by atoms with Crippen LogP contribution in [0.2, 0.25) is 0 Å². The first-order chi connectivity index (χ1) is 26.1. The van der Waals surface area contributed by atoms with Crippen molar-refractivity contribution in [1.82, 2.24) is 39.0 Å². The van der Waals surface area contributed by atoms with Gasteiger partial charge in [-0.25, -0.2) is 47.9 Å². The van der Waals surface area contributed by atoms with Crippen LogP contribution in [0.15, 0.2) is 24.1 Å². The molecule has 2 saturated heterocycles. The number of ether oxygens (including phenoxy) is 2. The third-order valence-corrected chi connectivity index (χ3v) is 16.2. The van der Waals surface area contributed by atoms with E-state index < -0.39 is 91.5 Å². The van der Waals surface area contributed by atoms with Gasteiger partial charge in [0.1, 0.15) is 54.0 Å². The molecule has 57 heavy (non-hydrogen) atoms. The first-order valence-corrected chi connectivity index (χ1v) is 24.8. The number of nitrogens with zero attached hydrogens (tertiary/aromatic N) is 8. The van der Waals surface area contributed by atoms with E-state index in [1.807, 2.05) is 0 Å². The Morgan fingerprint density at radius 2 is 1.39 bits per heavy atom. The van der Waals surface area contributed by atoms with E-state index in [9.17, 15) is 48.8 Å². The van der Waals surface area contributed by atoms with E-state index in [2.05, 4.69) is 72.2 Å². The molecule has 2 fully saturated rings. The molecular weight excluding hydrogens is 919 g/mol. The Morgan fingerprint density at radius 3 is 1.96 bits per heavy atom. The molecule has 2 aliphatic rings. The minimum atomic E-state index is -5.93. The fraction of sp³-hybridized carbons (Fsp3) is 0.545. The third-order valence-electron chi connectivity index (χ3n) is 7.85. The van der Waals surface area contributed by atoms with E-state index >= 15 is 0 Å². The van der Waals surface area contributed by atoms with Gasteiger partial charge in [0.15, 0.2) is 40.5 Å². The van der Waals surface area contributed by atoms with Crippen LogP contribution in [0, 0.1) is 0 Å². The Kier molecular flexibility index (Phi) is 15.1. The van der Waals surface area contributed by atoms with Gasteiger partial charge < -0.3 is 60.2 Å². The van der Waals surface area contributed by atoms with Crippen molar-refractivity contribution in [3.05, 3.63) is 19.0 Å². The number of aliphatic hydroxyl groups is 4. The molecule has 6 heterocycles. The number of rotatable bonds is 16. The van der Waals surface area contributed by atoms with Crippen molar-refractivity contribution in [2.45, 2.75) is 54.2 Å². The van der Waals surface area contributed by atoms with Crippen molar-refractivity contribution >= 4 is 98.9 Å². The van der Waals surface area contributed by atoms with E-state index in [1.54, 1.807) is 13.3 Å². The number of thioether (sulfide) groups is 1. The predicted molar refractivity (Wildman–Crippen MR) is 196 cm³/mol. The quantitative estimate of drug-likeness (QED) is 0.0174. The molecule has 6 rings (SSSR count). The molecule has 35 heteroatoms. The smallest absolute Gasteiger partial charge is 0.387 e. The largest absolute Gasteiger partial charge is 1.00 e. The zero-order chi connectivity index (χ0) is 41.0. The summed E-state index contributed by atoms with van der Waals surface area (Å²) in [7, 11) is -10.3. The van der Waals surface area contributed by atoms with Crippen LogP contribution in [0.1, 0.15) is 12.5 Å². The maximum absolute atomic E-state index is 12.8. The monoisotopic (exact) mass is 951 g/mol. The number of hydrogen-bond donors (Lipinski definition) is 10. The Balaban J connectivity index is 0.00000620. The molecule has 12 atom stereocenters. The number of thiol groups is 1. The van der Waals surface area contributed by atoms with Gasteiger partial charge in [-0.15, -0.1) is 0 Å². The average molecular weight is 952 g/mol. The number of phosphoric acid groups is 2. The molecular formula is C22H32N10NaO17P4S3+.